The maximum Gasteiger partial charge on any atom is 0.283 e. The smallest absolute Gasteiger partial charge is 0.283 e. The third-order valence-electron chi connectivity index (χ3n) is 5.36. The number of rotatable bonds is 2. The predicted molar refractivity (Wildman–Crippen MR) is 112 cm³/mol. The topological polar surface area (TPSA) is 42.5 Å². The van der Waals surface area contributed by atoms with Crippen LogP contribution in [0.2, 0.25) is 5.02 Å². The van der Waals surface area contributed by atoms with E-state index in [9.17, 15) is 4.79 Å². The highest BCUT2D eigenvalue weighted by molar-refractivity contribution is 6.30. The van der Waals surface area contributed by atoms with Crippen molar-refractivity contribution in [2.75, 3.05) is 13.6 Å². The Morgan fingerprint density at radius 2 is 1.79 bits per heavy atom. The highest BCUT2D eigenvalue weighted by atomic mass is 35.5. The molecule has 5 nitrogen and oxygen atoms in total. The van der Waals surface area contributed by atoms with Crippen molar-refractivity contribution in [3.05, 3.63) is 81.4 Å². The molecule has 28 heavy (non-hydrogen) atoms. The van der Waals surface area contributed by atoms with Gasteiger partial charge in [-0.15, -0.1) is 0 Å². The first-order chi connectivity index (χ1) is 13.6. The summed E-state index contributed by atoms with van der Waals surface area (Å²) in [5, 5.41) is 1.38. The molecule has 3 heterocycles. The molecule has 0 bridgehead atoms. The zero-order valence-corrected chi connectivity index (χ0v) is 16.2. The van der Waals surface area contributed by atoms with Gasteiger partial charge in [0.15, 0.2) is 5.65 Å². The number of likely N-dealkylation sites (tertiary alicyclic amines) is 1. The summed E-state index contributed by atoms with van der Waals surface area (Å²) < 4.78 is 3.65. The minimum atomic E-state index is -0.0340. The second-order valence-corrected chi connectivity index (χ2v) is 7.52. The van der Waals surface area contributed by atoms with E-state index in [1.165, 1.54) is 0 Å². The van der Waals surface area contributed by atoms with E-state index in [1.54, 1.807) is 4.68 Å². The monoisotopic (exact) mass is 390 g/mol. The normalized spacial score (nSPS) is 16.3. The Morgan fingerprint density at radius 1 is 1.04 bits per heavy atom. The van der Waals surface area contributed by atoms with E-state index < -0.39 is 0 Å². The lowest BCUT2D eigenvalue weighted by atomic mass is 10.2. The summed E-state index contributed by atoms with van der Waals surface area (Å²) in [6, 6.07) is 17.3. The predicted octanol–water partition coefficient (Wildman–Crippen LogP) is 3.36. The Bertz CT molecular complexity index is 1270. The van der Waals surface area contributed by atoms with Crippen LogP contribution in [0, 0.1) is 0 Å². The van der Waals surface area contributed by atoms with Gasteiger partial charge in [-0.25, -0.2) is 14.2 Å². The fourth-order valence-electron chi connectivity index (χ4n) is 4.01. The van der Waals surface area contributed by atoms with Crippen LogP contribution in [0.3, 0.4) is 0 Å². The number of para-hydroxylation sites is 1. The SMILES string of the molecule is CN1CCC/C1=c1/c(=O)n(-c2ccccc2)n2c(-c3ccc(Cl)cc3)cnc12. The van der Waals surface area contributed by atoms with E-state index >= 15 is 0 Å². The maximum atomic E-state index is 13.6. The summed E-state index contributed by atoms with van der Waals surface area (Å²) in [6.45, 7) is 0.961. The number of nitrogens with zero attached hydrogens (tertiary/aromatic N) is 4. The van der Waals surface area contributed by atoms with E-state index in [0.717, 1.165) is 42.0 Å². The Kier molecular flexibility index (Phi) is 3.98. The Labute approximate surface area is 167 Å². The number of hydrogen-bond acceptors (Lipinski definition) is 3. The molecule has 6 heteroatoms. The summed E-state index contributed by atoms with van der Waals surface area (Å²) in [5.74, 6) is 0. The number of hydrogen-bond donors (Lipinski definition) is 0. The zero-order valence-electron chi connectivity index (χ0n) is 15.5. The maximum absolute atomic E-state index is 13.6. The van der Waals surface area contributed by atoms with Crippen molar-refractivity contribution in [3.8, 4) is 16.9 Å². The van der Waals surface area contributed by atoms with Crippen molar-refractivity contribution < 1.29 is 0 Å². The standard InChI is InChI=1S/C22H19ClN4O/c1-25-13-5-8-18(25)20-21-24-14-19(15-9-11-16(23)12-10-15)27(21)26(22(20)28)17-6-3-2-4-7-17/h2-4,6-7,9-12,14H,5,8,13H2,1H3/b20-18-. The molecule has 1 fully saturated rings. The van der Waals surface area contributed by atoms with Crippen LogP contribution >= 0.6 is 11.6 Å². The summed E-state index contributed by atoms with van der Waals surface area (Å²) >= 11 is 6.06. The molecule has 140 valence electrons. The molecule has 1 aliphatic rings. The minimum absolute atomic E-state index is 0.0340. The van der Waals surface area contributed by atoms with E-state index in [1.807, 2.05) is 72.4 Å². The molecule has 0 radical (unpaired) electrons. The number of aromatic nitrogens is 3. The van der Waals surface area contributed by atoms with Crippen LogP contribution in [-0.2, 0) is 0 Å². The molecule has 2 aromatic carbocycles. The molecular weight excluding hydrogens is 372 g/mol. The van der Waals surface area contributed by atoms with Crippen LogP contribution in [0.15, 0.2) is 65.6 Å². The molecular formula is C22H19ClN4O. The molecule has 0 N–H and O–H groups in total. The van der Waals surface area contributed by atoms with Crippen LogP contribution in [0.1, 0.15) is 12.8 Å². The van der Waals surface area contributed by atoms with E-state index in [4.69, 9.17) is 11.6 Å². The van der Waals surface area contributed by atoms with E-state index in [0.29, 0.717) is 15.9 Å². The third kappa shape index (κ3) is 2.54. The average molecular weight is 391 g/mol. The summed E-state index contributed by atoms with van der Waals surface area (Å²) in [6.07, 6.45) is 3.78. The van der Waals surface area contributed by atoms with Gasteiger partial charge in [-0.1, -0.05) is 41.9 Å². The molecule has 0 atom stereocenters. The van der Waals surface area contributed by atoms with Gasteiger partial charge in [-0.2, -0.15) is 0 Å². The van der Waals surface area contributed by atoms with Crippen LogP contribution < -0.4 is 10.8 Å². The van der Waals surface area contributed by atoms with Gasteiger partial charge in [0.25, 0.3) is 5.56 Å². The fraction of sp³-hybridized carbons (Fsp3) is 0.182. The molecule has 0 aliphatic carbocycles. The van der Waals surface area contributed by atoms with Crippen molar-refractivity contribution in [2.45, 2.75) is 12.8 Å². The third-order valence-corrected chi connectivity index (χ3v) is 5.62. The minimum Gasteiger partial charge on any atom is -0.377 e. The molecule has 4 aromatic rings. The second kappa shape index (κ2) is 6.53. The van der Waals surface area contributed by atoms with E-state index in [2.05, 4.69) is 9.88 Å². The lowest BCUT2D eigenvalue weighted by molar-refractivity contribution is 0.527. The summed E-state index contributed by atoms with van der Waals surface area (Å²) in [5.41, 5.74) is 4.37. The van der Waals surface area contributed by atoms with Crippen LogP contribution in [0.25, 0.3) is 28.3 Å². The second-order valence-electron chi connectivity index (χ2n) is 7.09. The highest BCUT2D eigenvalue weighted by Gasteiger charge is 2.23. The molecule has 0 saturated carbocycles. The van der Waals surface area contributed by atoms with Gasteiger partial charge < -0.3 is 4.90 Å². The van der Waals surface area contributed by atoms with Gasteiger partial charge in [0, 0.05) is 29.9 Å². The van der Waals surface area contributed by atoms with Gasteiger partial charge in [0.05, 0.1) is 17.6 Å². The van der Waals surface area contributed by atoms with Crippen LogP contribution in [0.5, 0.6) is 0 Å². The van der Waals surface area contributed by atoms with E-state index in [-0.39, 0.29) is 5.56 Å². The Hall–Kier alpha value is -3.05. The first-order valence-corrected chi connectivity index (χ1v) is 9.71. The zero-order chi connectivity index (χ0) is 19.3. The van der Waals surface area contributed by atoms with Crippen molar-refractivity contribution in [2.24, 2.45) is 0 Å². The molecule has 1 aliphatic heterocycles. The van der Waals surface area contributed by atoms with Gasteiger partial charge >= 0.3 is 0 Å². The molecule has 0 spiro atoms. The lowest BCUT2D eigenvalue weighted by Gasteiger charge is -2.10. The Morgan fingerprint density at radius 3 is 2.46 bits per heavy atom. The highest BCUT2D eigenvalue weighted by Crippen LogP contribution is 2.24. The first-order valence-electron chi connectivity index (χ1n) is 9.33. The van der Waals surface area contributed by atoms with Crippen molar-refractivity contribution in [1.29, 1.82) is 0 Å². The first kappa shape index (κ1) is 17.1. The molecule has 0 amide bonds. The van der Waals surface area contributed by atoms with Crippen LogP contribution in [0.4, 0.5) is 0 Å². The quantitative estimate of drug-likeness (QED) is 0.527. The fourth-order valence-corrected chi connectivity index (χ4v) is 4.13. The van der Waals surface area contributed by atoms with Gasteiger partial charge in [-0.05, 0) is 37.1 Å². The average Bonchev–Trinajstić information content (AvgIpc) is 3.38. The summed E-state index contributed by atoms with van der Waals surface area (Å²) in [4.78, 5) is 20.4. The largest absolute Gasteiger partial charge is 0.377 e. The number of halogens is 1. The number of fused-ring (bicyclic) bond motifs is 1. The Balaban J connectivity index is 1.92. The molecule has 2 aromatic heterocycles. The van der Waals surface area contributed by atoms with Gasteiger partial charge in [0.2, 0.25) is 0 Å². The van der Waals surface area contributed by atoms with Crippen molar-refractivity contribution >= 4 is 22.9 Å². The summed E-state index contributed by atoms with van der Waals surface area (Å²) in [7, 11) is 2.04. The van der Waals surface area contributed by atoms with Gasteiger partial charge in [0.1, 0.15) is 5.22 Å². The van der Waals surface area contributed by atoms with Crippen LogP contribution in [-0.4, -0.2) is 32.7 Å². The molecule has 0 unspecified atom stereocenters. The number of imidazole rings is 1. The van der Waals surface area contributed by atoms with Crippen molar-refractivity contribution in [1.82, 2.24) is 19.1 Å². The lowest BCUT2D eigenvalue weighted by Crippen LogP contribution is -2.32. The number of benzene rings is 2. The van der Waals surface area contributed by atoms with Gasteiger partial charge in [-0.3, -0.25) is 4.79 Å². The molecule has 5 rings (SSSR count). The molecule has 1 saturated heterocycles. The van der Waals surface area contributed by atoms with Crippen molar-refractivity contribution in [3.63, 3.8) is 0 Å².